The van der Waals surface area contributed by atoms with E-state index in [1.54, 1.807) is 24.3 Å². The lowest BCUT2D eigenvalue weighted by molar-refractivity contribution is -0.140. The first-order valence-electron chi connectivity index (χ1n) is 14.6. The third-order valence-corrected chi connectivity index (χ3v) is 8.43. The summed E-state index contributed by atoms with van der Waals surface area (Å²) in [7, 11) is -1.95. The predicted molar refractivity (Wildman–Crippen MR) is 173 cm³/mol. The van der Waals surface area contributed by atoms with Crippen LogP contribution in [0.15, 0.2) is 71.6 Å². The molecule has 2 heterocycles. The highest BCUT2D eigenvalue weighted by atomic mass is 32.2. The summed E-state index contributed by atoms with van der Waals surface area (Å²) >= 11 is 0. The van der Waals surface area contributed by atoms with Crippen LogP contribution in [0.5, 0.6) is 5.75 Å². The monoisotopic (exact) mass is 656 g/mol. The van der Waals surface area contributed by atoms with Crippen molar-refractivity contribution in [1.82, 2.24) is 4.57 Å². The molecule has 9 nitrogen and oxygen atoms in total. The van der Waals surface area contributed by atoms with Crippen molar-refractivity contribution in [2.45, 2.75) is 17.6 Å². The Morgan fingerprint density at radius 2 is 1.74 bits per heavy atom. The Hall–Kier alpha value is -4.38. The minimum absolute atomic E-state index is 0.0625. The van der Waals surface area contributed by atoms with Gasteiger partial charge in [-0.1, -0.05) is 12.0 Å². The van der Waals surface area contributed by atoms with Crippen molar-refractivity contribution < 1.29 is 35.8 Å². The van der Waals surface area contributed by atoms with E-state index in [4.69, 9.17) is 14.2 Å². The highest BCUT2D eigenvalue weighted by Crippen LogP contribution is 2.32. The summed E-state index contributed by atoms with van der Waals surface area (Å²) in [6, 6.07) is 19.1. The molecule has 0 unspecified atom stereocenters. The minimum Gasteiger partial charge on any atom is -0.489 e. The number of morpholine rings is 1. The zero-order chi connectivity index (χ0) is 32.7. The Kier molecular flexibility index (Phi) is 10.3. The van der Waals surface area contributed by atoms with Crippen LogP contribution in [-0.4, -0.2) is 78.6 Å². The summed E-state index contributed by atoms with van der Waals surface area (Å²) in [5, 5.41) is 7.03. The molecular formula is C33H35F3N4O5S. The third kappa shape index (κ3) is 8.45. The van der Waals surface area contributed by atoms with E-state index in [-0.39, 0.29) is 23.7 Å². The zero-order valence-electron chi connectivity index (χ0n) is 25.5. The normalized spacial score (nSPS) is 13.7. The second-order valence-corrected chi connectivity index (χ2v) is 12.7. The van der Waals surface area contributed by atoms with E-state index >= 15 is 0 Å². The molecular weight excluding hydrogens is 621 g/mol. The molecule has 0 aliphatic carbocycles. The SMILES string of the molecule is COCCOc1cc(S(C)(=O)=O)ccc1NCC#Cc1cc2c(Nc3ccc(N4CCOCC4)cc3)cccc2n1CC(F)(F)F. The van der Waals surface area contributed by atoms with Crippen LogP contribution in [0.4, 0.5) is 35.9 Å². The summed E-state index contributed by atoms with van der Waals surface area (Å²) < 4.78 is 82.4. The van der Waals surface area contributed by atoms with Crippen molar-refractivity contribution in [1.29, 1.82) is 0 Å². The molecule has 46 heavy (non-hydrogen) atoms. The number of hydrogen-bond acceptors (Lipinski definition) is 8. The fourth-order valence-electron chi connectivity index (χ4n) is 5.09. The summed E-state index contributed by atoms with van der Waals surface area (Å²) in [6.07, 6.45) is -3.36. The van der Waals surface area contributed by atoms with Gasteiger partial charge in [0.1, 0.15) is 18.9 Å². The van der Waals surface area contributed by atoms with Crippen molar-refractivity contribution in [3.8, 4) is 17.6 Å². The highest BCUT2D eigenvalue weighted by molar-refractivity contribution is 7.90. The fourth-order valence-corrected chi connectivity index (χ4v) is 5.72. The van der Waals surface area contributed by atoms with Crippen LogP contribution < -0.4 is 20.3 Å². The number of rotatable bonds is 11. The molecule has 0 saturated carbocycles. The molecule has 0 spiro atoms. The van der Waals surface area contributed by atoms with E-state index in [0.29, 0.717) is 47.8 Å². The summed E-state index contributed by atoms with van der Waals surface area (Å²) in [5.74, 6) is 6.08. The van der Waals surface area contributed by atoms with Crippen LogP contribution in [0.2, 0.25) is 0 Å². The molecule has 0 amide bonds. The maximum Gasteiger partial charge on any atom is 0.406 e. The second kappa shape index (κ2) is 14.4. The maximum atomic E-state index is 13.7. The van der Waals surface area contributed by atoms with Gasteiger partial charge in [-0.25, -0.2) is 8.42 Å². The maximum absolute atomic E-state index is 13.7. The number of methoxy groups -OCH3 is 1. The van der Waals surface area contributed by atoms with Gasteiger partial charge in [0.2, 0.25) is 0 Å². The van der Waals surface area contributed by atoms with Gasteiger partial charge in [0, 0.05) is 55.0 Å². The zero-order valence-corrected chi connectivity index (χ0v) is 26.3. The van der Waals surface area contributed by atoms with Crippen molar-refractivity contribution >= 4 is 43.5 Å². The van der Waals surface area contributed by atoms with Crippen LogP contribution in [0.25, 0.3) is 10.9 Å². The lowest BCUT2D eigenvalue weighted by atomic mass is 10.2. The smallest absolute Gasteiger partial charge is 0.406 e. The Balaban J connectivity index is 1.38. The summed E-state index contributed by atoms with van der Waals surface area (Å²) in [4.78, 5) is 2.33. The number of anilines is 4. The molecule has 0 atom stereocenters. The Morgan fingerprint density at radius 3 is 2.43 bits per heavy atom. The van der Waals surface area contributed by atoms with Gasteiger partial charge < -0.3 is 34.3 Å². The summed E-state index contributed by atoms with van der Waals surface area (Å²) in [5.41, 5.74) is 3.62. The van der Waals surface area contributed by atoms with Gasteiger partial charge in [-0.2, -0.15) is 13.2 Å². The third-order valence-electron chi connectivity index (χ3n) is 7.32. The average Bonchev–Trinajstić information content (AvgIpc) is 3.36. The van der Waals surface area contributed by atoms with Crippen molar-refractivity contribution in [2.24, 2.45) is 0 Å². The Bertz CT molecular complexity index is 1820. The lowest BCUT2D eigenvalue weighted by Crippen LogP contribution is -2.36. The van der Waals surface area contributed by atoms with Gasteiger partial charge >= 0.3 is 6.18 Å². The van der Waals surface area contributed by atoms with E-state index < -0.39 is 22.6 Å². The molecule has 1 aliphatic heterocycles. The number of nitrogens with zero attached hydrogens (tertiary/aromatic N) is 2. The number of ether oxygens (including phenoxy) is 3. The van der Waals surface area contributed by atoms with Crippen LogP contribution in [0, 0.1) is 11.8 Å². The van der Waals surface area contributed by atoms with E-state index in [1.165, 1.54) is 19.2 Å². The number of fused-ring (bicyclic) bond motifs is 1. The fraction of sp³-hybridized carbons (Fsp3) is 0.333. The van der Waals surface area contributed by atoms with Crippen LogP contribution >= 0.6 is 0 Å². The van der Waals surface area contributed by atoms with Gasteiger partial charge in [-0.3, -0.25) is 0 Å². The van der Waals surface area contributed by atoms with Crippen LogP contribution in [0.3, 0.4) is 0 Å². The molecule has 4 aromatic rings. The molecule has 5 rings (SSSR count). The highest BCUT2D eigenvalue weighted by Gasteiger charge is 2.30. The number of nitrogens with one attached hydrogen (secondary N) is 2. The quantitative estimate of drug-likeness (QED) is 0.158. The number of aromatic nitrogens is 1. The van der Waals surface area contributed by atoms with Crippen molar-refractivity contribution in [3.63, 3.8) is 0 Å². The Labute approximate surface area is 266 Å². The van der Waals surface area contributed by atoms with Gasteiger partial charge in [-0.05, 0) is 60.5 Å². The van der Waals surface area contributed by atoms with Gasteiger partial charge in [-0.15, -0.1) is 0 Å². The first kappa shape index (κ1) is 33.0. The summed E-state index contributed by atoms with van der Waals surface area (Å²) in [6.45, 7) is 2.34. The van der Waals surface area contributed by atoms with E-state index in [1.807, 2.05) is 30.3 Å². The molecule has 0 bridgehead atoms. The van der Waals surface area contributed by atoms with Gasteiger partial charge in [0.25, 0.3) is 0 Å². The number of benzene rings is 3. The standard InChI is InChI=1S/C33H35F3N4O5S/c1-43-19-20-45-32-22-27(46(2,41)42)12-13-30(32)37-14-4-5-26-21-28-29(6-3-7-31(28)40(26)23-33(34,35)36)38-24-8-10-25(11-9-24)39-15-17-44-18-16-39/h3,6-13,21-22,37-38H,14-20,23H2,1-2H3. The van der Waals surface area contributed by atoms with E-state index in [0.717, 1.165) is 35.3 Å². The predicted octanol–water partition coefficient (Wildman–Crippen LogP) is 5.68. The first-order chi connectivity index (χ1) is 22.0. The minimum atomic E-state index is -4.46. The lowest BCUT2D eigenvalue weighted by Gasteiger charge is -2.29. The topological polar surface area (TPSA) is 94.1 Å². The molecule has 0 radical (unpaired) electrons. The molecule has 1 saturated heterocycles. The second-order valence-electron chi connectivity index (χ2n) is 10.7. The molecule has 3 aromatic carbocycles. The number of halogens is 3. The van der Waals surface area contributed by atoms with Crippen LogP contribution in [0.1, 0.15) is 5.69 Å². The number of alkyl halides is 3. The first-order valence-corrected chi connectivity index (χ1v) is 16.5. The van der Waals surface area contributed by atoms with Crippen molar-refractivity contribution in [2.75, 3.05) is 75.0 Å². The Morgan fingerprint density at radius 1 is 0.978 bits per heavy atom. The number of hydrogen-bond donors (Lipinski definition) is 2. The van der Waals surface area contributed by atoms with Gasteiger partial charge in [0.15, 0.2) is 9.84 Å². The largest absolute Gasteiger partial charge is 0.489 e. The molecule has 1 aromatic heterocycles. The molecule has 13 heteroatoms. The molecule has 1 fully saturated rings. The van der Waals surface area contributed by atoms with Gasteiger partial charge in [0.05, 0.1) is 48.2 Å². The van der Waals surface area contributed by atoms with Crippen molar-refractivity contribution in [3.05, 3.63) is 72.4 Å². The molecule has 2 N–H and O–H groups in total. The average molecular weight is 657 g/mol. The van der Waals surface area contributed by atoms with E-state index in [2.05, 4.69) is 27.4 Å². The molecule has 244 valence electrons. The van der Waals surface area contributed by atoms with Crippen LogP contribution in [-0.2, 0) is 25.9 Å². The van der Waals surface area contributed by atoms with E-state index in [9.17, 15) is 21.6 Å². The number of sulfone groups is 1. The molecule has 1 aliphatic rings.